The van der Waals surface area contributed by atoms with Crippen molar-refractivity contribution in [3.05, 3.63) is 30.0 Å². The van der Waals surface area contributed by atoms with Crippen LogP contribution in [0.4, 0.5) is 11.5 Å². The summed E-state index contributed by atoms with van der Waals surface area (Å²) in [5, 5.41) is 3.17. The summed E-state index contributed by atoms with van der Waals surface area (Å²) in [6, 6.07) is 3.72. The van der Waals surface area contributed by atoms with Crippen LogP contribution in [0.1, 0.15) is 37.5 Å². The minimum Gasteiger partial charge on any atom is -0.476 e. The van der Waals surface area contributed by atoms with Gasteiger partial charge in [-0.2, -0.15) is 4.98 Å². The first-order chi connectivity index (χ1) is 10.8. The van der Waals surface area contributed by atoms with Gasteiger partial charge in [0.1, 0.15) is 17.6 Å². The molecule has 0 aliphatic carbocycles. The molecule has 7 nitrogen and oxygen atoms in total. The third-order valence-corrected chi connectivity index (χ3v) is 3.44. The standard InChI is InChI=1S/C15H20N4O3/c1-2-20-15-12(16)14(17-9-10-5-3-7-21-10)18-13(19-15)11-6-4-8-22-11/h3,5,7,11H,2,4,6,8-9,16H2,1H3,(H,17,18,19). The molecule has 118 valence electrons. The third kappa shape index (κ3) is 3.14. The Morgan fingerprint density at radius 3 is 3.05 bits per heavy atom. The van der Waals surface area contributed by atoms with Gasteiger partial charge in [-0.05, 0) is 31.9 Å². The normalized spacial score (nSPS) is 17.6. The van der Waals surface area contributed by atoms with Crippen LogP contribution < -0.4 is 15.8 Å². The predicted molar refractivity (Wildman–Crippen MR) is 81.6 cm³/mol. The molecule has 0 aromatic carbocycles. The maximum Gasteiger partial charge on any atom is 0.242 e. The topological polar surface area (TPSA) is 95.4 Å². The second-order valence-electron chi connectivity index (χ2n) is 5.02. The second kappa shape index (κ2) is 6.65. The van der Waals surface area contributed by atoms with Crippen molar-refractivity contribution in [2.45, 2.75) is 32.4 Å². The van der Waals surface area contributed by atoms with Crippen molar-refractivity contribution < 1.29 is 13.9 Å². The van der Waals surface area contributed by atoms with Gasteiger partial charge in [-0.3, -0.25) is 0 Å². The summed E-state index contributed by atoms with van der Waals surface area (Å²) in [5.41, 5.74) is 6.49. The number of rotatable bonds is 6. The quantitative estimate of drug-likeness (QED) is 0.846. The van der Waals surface area contributed by atoms with E-state index < -0.39 is 0 Å². The summed E-state index contributed by atoms with van der Waals surface area (Å²) in [7, 11) is 0. The summed E-state index contributed by atoms with van der Waals surface area (Å²) >= 11 is 0. The Morgan fingerprint density at radius 2 is 2.36 bits per heavy atom. The Labute approximate surface area is 128 Å². The van der Waals surface area contributed by atoms with Crippen molar-refractivity contribution in [1.29, 1.82) is 0 Å². The van der Waals surface area contributed by atoms with E-state index in [2.05, 4.69) is 15.3 Å². The minimum atomic E-state index is -0.0935. The number of furan rings is 1. The van der Waals surface area contributed by atoms with Crippen molar-refractivity contribution in [1.82, 2.24) is 9.97 Å². The van der Waals surface area contributed by atoms with E-state index in [-0.39, 0.29) is 6.10 Å². The zero-order chi connectivity index (χ0) is 15.4. The Bertz CT molecular complexity index is 610. The molecule has 1 saturated heterocycles. The molecule has 0 bridgehead atoms. The molecule has 2 aromatic rings. The second-order valence-corrected chi connectivity index (χ2v) is 5.02. The average molecular weight is 304 g/mol. The van der Waals surface area contributed by atoms with Crippen molar-refractivity contribution in [3.63, 3.8) is 0 Å². The van der Waals surface area contributed by atoms with E-state index in [1.165, 1.54) is 0 Å². The summed E-state index contributed by atoms with van der Waals surface area (Å²) in [6.45, 7) is 3.61. The molecule has 0 saturated carbocycles. The van der Waals surface area contributed by atoms with Gasteiger partial charge in [0.05, 0.1) is 19.4 Å². The number of hydrogen-bond acceptors (Lipinski definition) is 7. The fourth-order valence-electron chi connectivity index (χ4n) is 2.36. The monoisotopic (exact) mass is 304 g/mol. The maximum atomic E-state index is 6.09. The molecule has 1 aliphatic heterocycles. The van der Waals surface area contributed by atoms with Crippen LogP contribution in [0.25, 0.3) is 0 Å². The lowest BCUT2D eigenvalue weighted by atomic mass is 10.2. The molecule has 1 aliphatic rings. The average Bonchev–Trinajstić information content (AvgIpc) is 3.21. The Hall–Kier alpha value is -2.28. The molecule has 0 radical (unpaired) electrons. The molecule has 22 heavy (non-hydrogen) atoms. The number of nitrogens with zero attached hydrogens (tertiary/aromatic N) is 2. The minimum absolute atomic E-state index is 0.0935. The molecular weight excluding hydrogens is 284 g/mol. The number of aromatic nitrogens is 2. The Kier molecular flexibility index (Phi) is 4.43. The maximum absolute atomic E-state index is 6.09. The lowest BCUT2D eigenvalue weighted by Crippen LogP contribution is -2.12. The molecule has 3 N–H and O–H groups in total. The van der Waals surface area contributed by atoms with Crippen molar-refractivity contribution in [3.8, 4) is 5.88 Å². The van der Waals surface area contributed by atoms with Crippen LogP contribution in [0, 0.1) is 0 Å². The smallest absolute Gasteiger partial charge is 0.242 e. The molecule has 7 heteroatoms. The number of ether oxygens (including phenoxy) is 2. The van der Waals surface area contributed by atoms with Crippen LogP contribution in [-0.4, -0.2) is 23.2 Å². The number of nitrogens with two attached hydrogens (primary N) is 1. The van der Waals surface area contributed by atoms with Crippen molar-refractivity contribution >= 4 is 11.5 Å². The van der Waals surface area contributed by atoms with Crippen LogP contribution in [0.3, 0.4) is 0 Å². The molecule has 1 fully saturated rings. The third-order valence-electron chi connectivity index (χ3n) is 3.44. The van der Waals surface area contributed by atoms with Crippen LogP contribution >= 0.6 is 0 Å². The van der Waals surface area contributed by atoms with E-state index in [1.807, 2.05) is 19.1 Å². The van der Waals surface area contributed by atoms with Crippen LogP contribution in [-0.2, 0) is 11.3 Å². The van der Waals surface area contributed by atoms with Gasteiger partial charge in [-0.25, -0.2) is 4.98 Å². The predicted octanol–water partition coefficient (Wildman–Crippen LogP) is 2.51. The number of anilines is 2. The highest BCUT2D eigenvalue weighted by Gasteiger charge is 2.24. The van der Waals surface area contributed by atoms with E-state index in [0.29, 0.717) is 36.4 Å². The van der Waals surface area contributed by atoms with Gasteiger partial charge in [-0.15, -0.1) is 0 Å². The van der Waals surface area contributed by atoms with E-state index in [9.17, 15) is 0 Å². The molecule has 1 atom stereocenters. The van der Waals surface area contributed by atoms with Gasteiger partial charge in [-0.1, -0.05) is 0 Å². The van der Waals surface area contributed by atoms with E-state index in [4.69, 9.17) is 19.6 Å². The van der Waals surface area contributed by atoms with Crippen LogP contribution in [0.2, 0.25) is 0 Å². The molecular formula is C15H20N4O3. The Morgan fingerprint density at radius 1 is 1.45 bits per heavy atom. The van der Waals surface area contributed by atoms with E-state index in [1.54, 1.807) is 6.26 Å². The number of nitrogens with one attached hydrogen (secondary N) is 1. The Balaban J connectivity index is 1.85. The highest BCUT2D eigenvalue weighted by atomic mass is 16.5. The first-order valence-electron chi connectivity index (χ1n) is 7.46. The van der Waals surface area contributed by atoms with Gasteiger partial charge >= 0.3 is 0 Å². The fourth-order valence-corrected chi connectivity index (χ4v) is 2.36. The van der Waals surface area contributed by atoms with Gasteiger partial charge in [0, 0.05) is 6.61 Å². The first kappa shape index (κ1) is 14.6. The van der Waals surface area contributed by atoms with E-state index in [0.717, 1.165) is 25.2 Å². The summed E-state index contributed by atoms with van der Waals surface area (Å²) < 4.78 is 16.5. The lowest BCUT2D eigenvalue weighted by molar-refractivity contribution is 0.104. The molecule has 1 unspecified atom stereocenters. The molecule has 0 amide bonds. The summed E-state index contributed by atoms with van der Waals surface area (Å²) in [5.74, 6) is 2.34. The van der Waals surface area contributed by atoms with Crippen LogP contribution in [0.5, 0.6) is 5.88 Å². The zero-order valence-corrected chi connectivity index (χ0v) is 12.5. The molecule has 3 heterocycles. The highest BCUT2D eigenvalue weighted by molar-refractivity contribution is 5.67. The summed E-state index contributed by atoms with van der Waals surface area (Å²) in [4.78, 5) is 8.91. The lowest BCUT2D eigenvalue weighted by Gasteiger charge is -2.15. The SMILES string of the molecule is CCOc1nc(C2CCCO2)nc(NCc2ccco2)c1N. The van der Waals surface area contributed by atoms with Gasteiger partial charge < -0.3 is 24.9 Å². The molecule has 2 aromatic heterocycles. The van der Waals surface area contributed by atoms with Crippen molar-refractivity contribution in [2.24, 2.45) is 0 Å². The van der Waals surface area contributed by atoms with E-state index >= 15 is 0 Å². The number of hydrogen-bond donors (Lipinski definition) is 2. The highest BCUT2D eigenvalue weighted by Crippen LogP contribution is 2.32. The fraction of sp³-hybridized carbons (Fsp3) is 0.467. The number of nitrogen functional groups attached to an aromatic ring is 1. The van der Waals surface area contributed by atoms with Crippen LogP contribution in [0.15, 0.2) is 22.8 Å². The van der Waals surface area contributed by atoms with Gasteiger partial charge in [0.15, 0.2) is 11.6 Å². The van der Waals surface area contributed by atoms with Gasteiger partial charge in [0.25, 0.3) is 0 Å². The summed E-state index contributed by atoms with van der Waals surface area (Å²) in [6.07, 6.45) is 3.46. The molecule has 0 spiro atoms. The zero-order valence-electron chi connectivity index (χ0n) is 12.5. The first-order valence-corrected chi connectivity index (χ1v) is 7.46. The van der Waals surface area contributed by atoms with Gasteiger partial charge in [0.2, 0.25) is 5.88 Å². The largest absolute Gasteiger partial charge is 0.476 e. The van der Waals surface area contributed by atoms with Crippen molar-refractivity contribution in [2.75, 3.05) is 24.3 Å². The molecule has 3 rings (SSSR count).